The van der Waals surface area contributed by atoms with E-state index in [1.807, 2.05) is 36.4 Å². The van der Waals surface area contributed by atoms with Crippen molar-refractivity contribution in [3.63, 3.8) is 0 Å². The first-order chi connectivity index (χ1) is 37.2. The van der Waals surface area contributed by atoms with E-state index in [4.69, 9.17) is 15.0 Å². The highest BCUT2D eigenvalue weighted by atomic mass is 15.1. The van der Waals surface area contributed by atoms with Gasteiger partial charge in [-0.25, -0.2) is 15.0 Å². The summed E-state index contributed by atoms with van der Waals surface area (Å²) in [5.41, 5.74) is 16.3. The van der Waals surface area contributed by atoms with E-state index in [9.17, 15) is 0 Å². The Bertz CT molecular complexity index is 4350. The minimum absolute atomic E-state index is 0.312. The third-order valence-corrected chi connectivity index (χ3v) is 16.0. The number of nitrogens with zero attached hydrogens (tertiary/aromatic N) is 6. The van der Waals surface area contributed by atoms with E-state index in [2.05, 4.69) is 220 Å². The summed E-state index contributed by atoms with van der Waals surface area (Å²) in [7, 11) is 0. The Hall–Kier alpha value is -9.39. The highest BCUT2D eigenvalue weighted by Crippen LogP contribution is 2.51. The summed E-state index contributed by atoms with van der Waals surface area (Å²) in [6.45, 7) is 0. The highest BCUT2D eigenvalue weighted by Gasteiger charge is 2.31. The van der Waals surface area contributed by atoms with Gasteiger partial charge in [-0.3, -0.25) is 0 Å². The third kappa shape index (κ3) is 6.97. The van der Waals surface area contributed by atoms with Gasteiger partial charge in [-0.15, -0.1) is 0 Å². The molecule has 15 rings (SSSR count). The molecule has 4 aromatic heterocycles. The summed E-state index contributed by atoms with van der Waals surface area (Å²) < 4.78 is 7.64. The van der Waals surface area contributed by atoms with Crippen LogP contribution in [0.2, 0.25) is 0 Å². The Morgan fingerprint density at radius 2 is 0.627 bits per heavy atom. The van der Waals surface area contributed by atoms with Crippen molar-refractivity contribution in [3.05, 3.63) is 254 Å². The average molecular weight is 963 g/mol. The molecular weight excluding hydrogens is 913 g/mol. The molecule has 0 spiro atoms. The summed E-state index contributed by atoms with van der Waals surface area (Å²) in [6, 6.07) is 88.1. The Morgan fingerprint density at radius 1 is 0.293 bits per heavy atom. The second kappa shape index (κ2) is 17.7. The van der Waals surface area contributed by atoms with Crippen LogP contribution in [0.15, 0.2) is 243 Å². The Balaban J connectivity index is 0.954. The lowest BCUT2D eigenvalue weighted by molar-refractivity contribution is 0.386. The molecule has 1 saturated carbocycles. The van der Waals surface area contributed by atoms with Gasteiger partial charge in [0.2, 0.25) is 0 Å². The molecule has 0 bridgehead atoms. The fourth-order valence-corrected chi connectivity index (χ4v) is 12.8. The van der Waals surface area contributed by atoms with Crippen molar-refractivity contribution in [2.45, 2.75) is 37.5 Å². The number of para-hydroxylation sites is 5. The largest absolute Gasteiger partial charge is 0.308 e. The SMILES string of the molecule is c1ccc(-c2nc(-c3ccccc3)nc(-c3cccc(C4CCCC[C@@H]4c4cccc(-n5c6ccccc6c6c7c(c8ccccc8n7-c7ccccc7)c7c(c8ccccc8n7-c7ccccc7)c65)c4)c3)n2)cc1. The normalized spacial score (nSPS) is 15.0. The smallest absolute Gasteiger partial charge is 0.164 e. The standard InChI is InChI=1S/C69H50N6/c1-5-23-45(24-6-1)67-70-68(46-25-7-2-8-26-46)72-69(71-67)49-29-21-27-47(43-49)53-35-13-14-36-54(53)48-28-22-34-52(44-48)75-60-42-20-17-39-57(60)63-65-61(55-37-15-18-40-58(55)73(65)50-30-9-3-10-31-50)64-62(66(63)75)56-38-16-19-41-59(56)74(64)51-32-11-4-12-33-51/h1-12,15-34,37-44,53-54H,13-14,35-36H2/t53?,54-/m1/s1. The number of hydrogen-bond acceptors (Lipinski definition) is 3. The molecule has 0 aliphatic heterocycles. The molecular formula is C69H50N6. The van der Waals surface area contributed by atoms with Crippen LogP contribution in [-0.2, 0) is 0 Å². The van der Waals surface area contributed by atoms with Crippen LogP contribution >= 0.6 is 0 Å². The summed E-state index contributed by atoms with van der Waals surface area (Å²) >= 11 is 0. The maximum absolute atomic E-state index is 5.14. The minimum atomic E-state index is 0.312. The average Bonchev–Trinajstić information content (AvgIpc) is 4.33. The van der Waals surface area contributed by atoms with Crippen molar-refractivity contribution < 1.29 is 0 Å². The molecule has 0 radical (unpaired) electrons. The third-order valence-electron chi connectivity index (χ3n) is 16.0. The first-order valence-corrected chi connectivity index (χ1v) is 26.3. The van der Waals surface area contributed by atoms with Crippen LogP contribution in [0, 0.1) is 0 Å². The molecule has 0 saturated heterocycles. The first-order valence-electron chi connectivity index (χ1n) is 26.3. The fourth-order valence-electron chi connectivity index (χ4n) is 12.8. The number of fused-ring (bicyclic) bond motifs is 12. The topological polar surface area (TPSA) is 53.5 Å². The van der Waals surface area contributed by atoms with Crippen LogP contribution in [0.4, 0.5) is 0 Å². The molecule has 2 atom stereocenters. The minimum Gasteiger partial charge on any atom is -0.308 e. The lowest BCUT2D eigenvalue weighted by atomic mass is 9.72. The lowest BCUT2D eigenvalue weighted by Gasteiger charge is -2.33. The van der Waals surface area contributed by atoms with Gasteiger partial charge in [0.25, 0.3) is 0 Å². The van der Waals surface area contributed by atoms with E-state index in [1.54, 1.807) is 0 Å². The molecule has 0 N–H and O–H groups in total. The Morgan fingerprint density at radius 3 is 1.08 bits per heavy atom. The lowest BCUT2D eigenvalue weighted by Crippen LogP contribution is -2.16. The van der Waals surface area contributed by atoms with Crippen molar-refractivity contribution in [3.8, 4) is 51.2 Å². The van der Waals surface area contributed by atoms with E-state index in [-0.39, 0.29) is 0 Å². The van der Waals surface area contributed by atoms with E-state index in [0.29, 0.717) is 29.3 Å². The number of hydrogen-bond donors (Lipinski definition) is 0. The number of rotatable bonds is 8. The molecule has 6 nitrogen and oxygen atoms in total. The van der Waals surface area contributed by atoms with Crippen molar-refractivity contribution in [1.82, 2.24) is 28.7 Å². The Labute approximate surface area is 434 Å². The van der Waals surface area contributed by atoms with Crippen molar-refractivity contribution in [2.24, 2.45) is 0 Å². The fraction of sp³-hybridized carbons (Fsp3) is 0.0870. The van der Waals surface area contributed by atoms with Crippen LogP contribution < -0.4 is 0 Å². The van der Waals surface area contributed by atoms with Crippen LogP contribution in [0.3, 0.4) is 0 Å². The van der Waals surface area contributed by atoms with Crippen molar-refractivity contribution in [2.75, 3.05) is 0 Å². The second-order valence-electron chi connectivity index (χ2n) is 20.2. The molecule has 1 aliphatic carbocycles. The van der Waals surface area contributed by atoms with Crippen LogP contribution in [-0.4, -0.2) is 28.7 Å². The molecule has 1 fully saturated rings. The highest BCUT2D eigenvalue weighted by molar-refractivity contribution is 6.40. The molecule has 1 aliphatic rings. The van der Waals surface area contributed by atoms with Crippen molar-refractivity contribution in [1.29, 1.82) is 0 Å². The predicted molar refractivity (Wildman–Crippen MR) is 310 cm³/mol. The number of benzene rings is 10. The first kappa shape index (κ1) is 43.2. The van der Waals surface area contributed by atoms with Gasteiger partial charge in [0.1, 0.15) is 0 Å². The summed E-state index contributed by atoms with van der Waals surface area (Å²) in [5, 5.41) is 7.47. The maximum Gasteiger partial charge on any atom is 0.164 e. The van der Waals surface area contributed by atoms with Gasteiger partial charge in [-0.2, -0.15) is 0 Å². The molecule has 356 valence electrons. The molecule has 6 heteroatoms. The summed E-state index contributed by atoms with van der Waals surface area (Å²) in [6.07, 6.45) is 4.60. The van der Waals surface area contributed by atoms with Crippen LogP contribution in [0.1, 0.15) is 48.6 Å². The monoisotopic (exact) mass is 962 g/mol. The number of aromatic nitrogens is 6. The van der Waals surface area contributed by atoms with Crippen molar-refractivity contribution >= 4 is 65.4 Å². The van der Waals surface area contributed by atoms with Gasteiger partial charge in [-0.05, 0) is 96.5 Å². The molecule has 14 aromatic rings. The molecule has 75 heavy (non-hydrogen) atoms. The van der Waals surface area contributed by atoms with Gasteiger partial charge in [-0.1, -0.05) is 195 Å². The maximum atomic E-state index is 5.14. The zero-order chi connectivity index (χ0) is 49.4. The Kier molecular flexibility index (Phi) is 10.2. The zero-order valence-electron chi connectivity index (χ0n) is 41.3. The van der Waals surface area contributed by atoms with E-state index in [0.717, 1.165) is 40.9 Å². The van der Waals surface area contributed by atoms with Gasteiger partial charge in [0.15, 0.2) is 17.5 Å². The molecule has 0 amide bonds. The quantitative estimate of drug-likeness (QED) is 0.152. The van der Waals surface area contributed by atoms with Gasteiger partial charge in [0.05, 0.1) is 33.1 Å². The van der Waals surface area contributed by atoms with Gasteiger partial charge in [0, 0.05) is 66.1 Å². The molecule has 1 unspecified atom stereocenters. The van der Waals surface area contributed by atoms with Gasteiger partial charge < -0.3 is 13.7 Å². The summed E-state index contributed by atoms with van der Waals surface area (Å²) in [4.78, 5) is 15.3. The second-order valence-corrected chi connectivity index (χ2v) is 20.2. The van der Waals surface area contributed by atoms with E-state index in [1.165, 1.54) is 95.1 Å². The molecule has 4 heterocycles. The summed E-state index contributed by atoms with van der Waals surface area (Å²) in [5.74, 6) is 2.66. The van der Waals surface area contributed by atoms with E-state index < -0.39 is 0 Å². The van der Waals surface area contributed by atoms with Crippen LogP contribution in [0.25, 0.3) is 117 Å². The van der Waals surface area contributed by atoms with Crippen LogP contribution in [0.5, 0.6) is 0 Å². The molecule has 10 aromatic carbocycles. The predicted octanol–water partition coefficient (Wildman–Crippen LogP) is 17.6. The van der Waals surface area contributed by atoms with Gasteiger partial charge >= 0.3 is 0 Å². The zero-order valence-corrected chi connectivity index (χ0v) is 41.3. The van der Waals surface area contributed by atoms with E-state index >= 15 is 0 Å².